The van der Waals surface area contributed by atoms with Gasteiger partial charge >= 0.3 is 11.9 Å². The van der Waals surface area contributed by atoms with Gasteiger partial charge in [0.25, 0.3) is 0 Å². The number of Topliss-reactive ketones (excluding diaryl/α,β-unsaturated/α-hetero) is 1. The van der Waals surface area contributed by atoms with Crippen LogP contribution in [-0.4, -0.2) is 35.1 Å². The van der Waals surface area contributed by atoms with E-state index >= 15 is 0 Å². The predicted molar refractivity (Wildman–Crippen MR) is 80.2 cm³/mol. The van der Waals surface area contributed by atoms with Crippen LogP contribution >= 0.6 is 15.9 Å². The quantitative estimate of drug-likeness (QED) is 0.370. The molecule has 1 aromatic rings. The summed E-state index contributed by atoms with van der Waals surface area (Å²) in [6.45, 7) is 0.720. The molecule has 0 bridgehead atoms. The van der Waals surface area contributed by atoms with E-state index in [0.717, 1.165) is 13.0 Å². The Morgan fingerprint density at radius 2 is 2.00 bits per heavy atom. The Morgan fingerprint density at radius 3 is 2.59 bits per heavy atom. The number of benzene rings is 1. The second-order valence-corrected chi connectivity index (χ2v) is 6.09. The van der Waals surface area contributed by atoms with E-state index in [2.05, 4.69) is 21.2 Å². The summed E-state index contributed by atoms with van der Waals surface area (Å²) in [5.74, 6) is -2.20. The number of nitrogens with one attached hydrogen (secondary N) is 1. The molecular weight excluding hydrogens is 357 g/mol. The van der Waals surface area contributed by atoms with Gasteiger partial charge in [0.1, 0.15) is 11.9 Å². The first-order valence-corrected chi connectivity index (χ1v) is 7.80. The zero-order chi connectivity index (χ0) is 16.1. The summed E-state index contributed by atoms with van der Waals surface area (Å²) in [5.41, 5.74) is 0.278. The molecule has 7 heteroatoms. The minimum Gasteiger partial charge on any atom is -0.392 e. The predicted octanol–water partition coefficient (Wildman–Crippen LogP) is 1.98. The molecule has 5 nitrogen and oxygen atoms in total. The molecule has 118 valence electrons. The van der Waals surface area contributed by atoms with Crippen molar-refractivity contribution in [2.45, 2.75) is 30.1 Å². The third-order valence-electron chi connectivity index (χ3n) is 3.32. The van der Waals surface area contributed by atoms with Crippen molar-refractivity contribution in [2.75, 3.05) is 6.54 Å². The number of esters is 2. The zero-order valence-corrected chi connectivity index (χ0v) is 13.3. The molecule has 1 aliphatic heterocycles. The zero-order valence-electron chi connectivity index (χ0n) is 11.7. The smallest absolute Gasteiger partial charge is 0.330 e. The first-order valence-electron chi connectivity index (χ1n) is 6.89. The van der Waals surface area contributed by atoms with E-state index in [0.29, 0.717) is 6.42 Å². The number of halogens is 2. The van der Waals surface area contributed by atoms with Crippen molar-refractivity contribution in [3.8, 4) is 0 Å². The van der Waals surface area contributed by atoms with Crippen molar-refractivity contribution in [1.29, 1.82) is 0 Å². The largest absolute Gasteiger partial charge is 0.392 e. The Balaban J connectivity index is 1.86. The highest BCUT2D eigenvalue weighted by Crippen LogP contribution is 2.16. The van der Waals surface area contributed by atoms with Crippen molar-refractivity contribution in [1.82, 2.24) is 5.32 Å². The van der Waals surface area contributed by atoms with Gasteiger partial charge < -0.3 is 10.1 Å². The normalized spacial score (nSPS) is 18.7. The second kappa shape index (κ2) is 7.60. The Kier molecular flexibility index (Phi) is 5.79. The van der Waals surface area contributed by atoms with Crippen LogP contribution in [0.2, 0.25) is 0 Å². The number of ketones is 1. The molecule has 1 aliphatic rings. The molecule has 1 fully saturated rings. The number of carbonyl (C=O) groups is 3. The van der Waals surface area contributed by atoms with Gasteiger partial charge in [-0.2, -0.15) is 0 Å². The molecule has 1 heterocycles. The molecule has 1 aromatic carbocycles. The van der Waals surface area contributed by atoms with E-state index in [1.54, 1.807) is 0 Å². The average molecular weight is 372 g/mol. The molecule has 2 rings (SSSR count). The molecule has 0 spiro atoms. The van der Waals surface area contributed by atoms with Crippen LogP contribution in [-0.2, 0) is 14.3 Å². The van der Waals surface area contributed by atoms with E-state index in [1.807, 2.05) is 0 Å². The maximum Gasteiger partial charge on any atom is 0.330 e. The molecule has 0 radical (unpaired) electrons. The van der Waals surface area contributed by atoms with Crippen LogP contribution in [0.15, 0.2) is 24.3 Å². The van der Waals surface area contributed by atoms with E-state index < -0.39 is 28.6 Å². The van der Waals surface area contributed by atoms with E-state index in [1.165, 1.54) is 24.3 Å². The Bertz CT molecular complexity index is 569. The minimum absolute atomic E-state index is 0.269. The third-order valence-corrected chi connectivity index (χ3v) is 4.06. The molecular formula is C15H15BrFNO4. The van der Waals surface area contributed by atoms with Crippen LogP contribution in [0.25, 0.3) is 0 Å². The van der Waals surface area contributed by atoms with Crippen LogP contribution in [0, 0.1) is 5.82 Å². The lowest BCUT2D eigenvalue weighted by Crippen LogP contribution is -2.34. The minimum atomic E-state index is -0.824. The van der Waals surface area contributed by atoms with Gasteiger partial charge in [-0.25, -0.2) is 9.18 Å². The summed E-state index contributed by atoms with van der Waals surface area (Å²) in [7, 11) is 0. The SMILES string of the molecule is O=C(CC(Br)C(=O)c1ccc(F)cc1)OC(=O)[C@@H]1CCCN1. The second-order valence-electron chi connectivity index (χ2n) is 4.98. The summed E-state index contributed by atoms with van der Waals surface area (Å²) >= 11 is 3.10. The van der Waals surface area contributed by atoms with Crippen LogP contribution in [0.3, 0.4) is 0 Å². The molecule has 0 saturated carbocycles. The number of ether oxygens (including phenoxy) is 1. The fourth-order valence-electron chi connectivity index (χ4n) is 2.14. The van der Waals surface area contributed by atoms with Gasteiger partial charge in [0.05, 0.1) is 11.2 Å². The van der Waals surface area contributed by atoms with Gasteiger partial charge in [-0.15, -0.1) is 0 Å². The highest BCUT2D eigenvalue weighted by Gasteiger charge is 2.27. The number of carbonyl (C=O) groups excluding carboxylic acids is 3. The summed E-state index contributed by atoms with van der Waals surface area (Å²) in [6.07, 6.45) is 1.23. The van der Waals surface area contributed by atoms with Gasteiger partial charge in [-0.1, -0.05) is 15.9 Å². The van der Waals surface area contributed by atoms with Crippen LogP contribution in [0.5, 0.6) is 0 Å². The third kappa shape index (κ3) is 4.45. The Morgan fingerprint density at radius 1 is 1.32 bits per heavy atom. The fourth-order valence-corrected chi connectivity index (χ4v) is 2.67. The monoisotopic (exact) mass is 371 g/mol. The van der Waals surface area contributed by atoms with Gasteiger partial charge in [-0.3, -0.25) is 9.59 Å². The first-order chi connectivity index (χ1) is 10.5. The lowest BCUT2D eigenvalue weighted by molar-refractivity contribution is -0.160. The van der Waals surface area contributed by atoms with E-state index in [4.69, 9.17) is 4.74 Å². The highest BCUT2D eigenvalue weighted by molar-refractivity contribution is 9.10. The summed E-state index contributed by atoms with van der Waals surface area (Å²) in [6, 6.07) is 4.56. The number of alkyl halides is 1. The number of rotatable bonds is 5. The average Bonchev–Trinajstić information content (AvgIpc) is 3.01. The summed E-state index contributed by atoms with van der Waals surface area (Å²) in [5, 5.41) is 2.93. The van der Waals surface area contributed by atoms with Crippen LogP contribution < -0.4 is 5.32 Å². The van der Waals surface area contributed by atoms with Gasteiger partial charge in [-0.05, 0) is 43.7 Å². The lowest BCUT2D eigenvalue weighted by Gasteiger charge is -2.11. The molecule has 0 aromatic heterocycles. The molecule has 22 heavy (non-hydrogen) atoms. The molecule has 1 N–H and O–H groups in total. The Labute approximate surface area is 135 Å². The fraction of sp³-hybridized carbons (Fsp3) is 0.400. The standard InChI is InChI=1S/C15H15BrFNO4/c16-11(14(20)9-3-5-10(17)6-4-9)8-13(19)22-15(21)12-2-1-7-18-12/h3-6,11-12,18H,1-2,7-8H2/t11?,12-/m0/s1. The molecule has 2 atom stereocenters. The van der Waals surface area contributed by atoms with Gasteiger partial charge in [0.15, 0.2) is 5.78 Å². The Hall–Kier alpha value is -1.60. The molecule has 0 amide bonds. The highest BCUT2D eigenvalue weighted by atomic mass is 79.9. The number of hydrogen-bond donors (Lipinski definition) is 1. The lowest BCUT2D eigenvalue weighted by atomic mass is 10.1. The molecule has 1 unspecified atom stereocenters. The van der Waals surface area contributed by atoms with Crippen molar-refractivity contribution in [3.63, 3.8) is 0 Å². The van der Waals surface area contributed by atoms with Crippen molar-refractivity contribution in [3.05, 3.63) is 35.6 Å². The first kappa shape index (κ1) is 16.8. The van der Waals surface area contributed by atoms with Crippen LogP contribution in [0.1, 0.15) is 29.6 Å². The summed E-state index contributed by atoms with van der Waals surface area (Å²) < 4.78 is 17.5. The van der Waals surface area contributed by atoms with Crippen molar-refractivity contribution < 1.29 is 23.5 Å². The summed E-state index contributed by atoms with van der Waals surface area (Å²) in [4.78, 5) is 34.6. The van der Waals surface area contributed by atoms with Crippen molar-refractivity contribution in [2.24, 2.45) is 0 Å². The van der Waals surface area contributed by atoms with Gasteiger partial charge in [0, 0.05) is 5.56 Å². The van der Waals surface area contributed by atoms with Gasteiger partial charge in [0.2, 0.25) is 0 Å². The number of hydrogen-bond acceptors (Lipinski definition) is 5. The van der Waals surface area contributed by atoms with E-state index in [-0.39, 0.29) is 17.8 Å². The maximum absolute atomic E-state index is 12.8. The van der Waals surface area contributed by atoms with Crippen molar-refractivity contribution >= 4 is 33.7 Å². The maximum atomic E-state index is 12.8. The molecule has 0 aliphatic carbocycles. The molecule has 1 saturated heterocycles. The topological polar surface area (TPSA) is 72.5 Å². The van der Waals surface area contributed by atoms with Crippen LogP contribution in [0.4, 0.5) is 4.39 Å². The van der Waals surface area contributed by atoms with E-state index in [9.17, 15) is 18.8 Å².